The highest BCUT2D eigenvalue weighted by atomic mass is 35.5. The van der Waals surface area contributed by atoms with E-state index in [1.165, 1.54) is 33.3 Å². The molecule has 0 radical (unpaired) electrons. The maximum absolute atomic E-state index is 6.05. The number of para-hydroxylation sites is 1. The number of anilines is 1. The fraction of sp³-hybridized carbons (Fsp3) is 0.391. The summed E-state index contributed by atoms with van der Waals surface area (Å²) in [6, 6.07) is 15.2. The lowest BCUT2D eigenvalue weighted by atomic mass is 10.1. The van der Waals surface area contributed by atoms with Crippen molar-refractivity contribution in [1.29, 1.82) is 0 Å². The molecule has 0 unspecified atom stereocenters. The summed E-state index contributed by atoms with van der Waals surface area (Å²) < 4.78 is 0. The Labute approximate surface area is 179 Å². The normalized spacial score (nSPS) is 14.9. The smallest absolute Gasteiger partial charge is 0.0725 e. The maximum Gasteiger partial charge on any atom is 0.0725 e. The molecule has 2 heterocycles. The number of nitrogens with one attached hydrogen (secondary N) is 1. The molecule has 29 heavy (non-hydrogen) atoms. The van der Waals surface area contributed by atoms with Crippen molar-refractivity contribution in [2.75, 3.05) is 44.2 Å². The van der Waals surface area contributed by atoms with Gasteiger partial charge in [0, 0.05) is 49.0 Å². The van der Waals surface area contributed by atoms with E-state index >= 15 is 0 Å². The van der Waals surface area contributed by atoms with E-state index in [2.05, 4.69) is 70.5 Å². The Hall–Kier alpha value is -2.05. The third-order valence-electron chi connectivity index (χ3n) is 5.60. The zero-order chi connectivity index (χ0) is 19.3. The fourth-order valence-electron chi connectivity index (χ4n) is 4.01. The number of aromatic nitrogens is 1. The first kappa shape index (κ1) is 21.7. The van der Waals surface area contributed by atoms with Crippen molar-refractivity contribution in [2.45, 2.75) is 19.8 Å². The number of benzene rings is 2. The van der Waals surface area contributed by atoms with Crippen LogP contribution in [0, 0.1) is 6.92 Å². The van der Waals surface area contributed by atoms with Gasteiger partial charge in [0.25, 0.3) is 0 Å². The van der Waals surface area contributed by atoms with Crippen molar-refractivity contribution in [3.05, 3.63) is 65.4 Å². The number of aromatic amines is 1. The molecule has 1 aliphatic heterocycles. The number of rotatable bonds is 7. The molecule has 1 aliphatic rings. The van der Waals surface area contributed by atoms with Gasteiger partial charge in [-0.05, 0) is 61.2 Å². The molecule has 4 rings (SSSR count). The number of halogens is 1. The highest BCUT2D eigenvalue weighted by molar-refractivity contribution is 5.85. The van der Waals surface area contributed by atoms with Crippen LogP contribution >= 0.6 is 12.4 Å². The molecular formula is C23H31ClN4O. The molecule has 5 nitrogen and oxygen atoms in total. The second-order valence-corrected chi connectivity index (χ2v) is 7.52. The van der Waals surface area contributed by atoms with Crippen LogP contribution in [0.15, 0.2) is 48.7 Å². The van der Waals surface area contributed by atoms with Crippen molar-refractivity contribution < 1.29 is 4.84 Å². The van der Waals surface area contributed by atoms with Gasteiger partial charge < -0.3 is 15.6 Å². The van der Waals surface area contributed by atoms with E-state index in [1.54, 1.807) is 0 Å². The number of H-pyrrole nitrogens is 1. The highest BCUT2D eigenvalue weighted by Gasteiger charge is 2.18. The number of fused-ring (bicyclic) bond motifs is 1. The van der Waals surface area contributed by atoms with Crippen LogP contribution in [0.4, 0.5) is 5.69 Å². The summed E-state index contributed by atoms with van der Waals surface area (Å²) in [6.07, 6.45) is 3.90. The average Bonchev–Trinajstić information content (AvgIpc) is 3.12. The molecule has 0 atom stereocenters. The summed E-state index contributed by atoms with van der Waals surface area (Å²) in [6.45, 7) is 7.45. The lowest BCUT2D eigenvalue weighted by Gasteiger charge is -2.36. The van der Waals surface area contributed by atoms with Gasteiger partial charge in [-0.3, -0.25) is 4.84 Å². The third kappa shape index (κ3) is 5.11. The van der Waals surface area contributed by atoms with E-state index in [1.807, 2.05) is 0 Å². The predicted molar refractivity (Wildman–Crippen MR) is 123 cm³/mol. The van der Waals surface area contributed by atoms with Crippen LogP contribution in [-0.2, 0) is 17.7 Å². The first-order valence-electron chi connectivity index (χ1n) is 10.2. The summed E-state index contributed by atoms with van der Waals surface area (Å²) in [5.41, 5.74) is 12.2. The highest BCUT2D eigenvalue weighted by Crippen LogP contribution is 2.22. The van der Waals surface area contributed by atoms with E-state index in [4.69, 9.17) is 10.6 Å². The molecule has 1 saturated heterocycles. The van der Waals surface area contributed by atoms with Gasteiger partial charge in [0.1, 0.15) is 0 Å². The molecule has 3 aromatic rings. The second-order valence-electron chi connectivity index (χ2n) is 7.52. The quantitative estimate of drug-likeness (QED) is 0.619. The van der Waals surface area contributed by atoms with Crippen molar-refractivity contribution in [1.82, 2.24) is 10.0 Å². The van der Waals surface area contributed by atoms with Crippen molar-refractivity contribution in [2.24, 2.45) is 5.73 Å². The second kappa shape index (κ2) is 10.1. The molecule has 0 saturated carbocycles. The summed E-state index contributed by atoms with van der Waals surface area (Å²) in [5.74, 6) is 0. The lowest BCUT2D eigenvalue weighted by molar-refractivity contribution is -0.160. The van der Waals surface area contributed by atoms with Crippen molar-refractivity contribution in [3.63, 3.8) is 0 Å². The van der Waals surface area contributed by atoms with Crippen LogP contribution < -0.4 is 10.6 Å². The van der Waals surface area contributed by atoms with Gasteiger partial charge in [-0.1, -0.05) is 24.3 Å². The Bertz CT molecular complexity index is 918. The Balaban J connectivity index is 0.00000240. The minimum absolute atomic E-state index is 0. The standard InChI is InChI=1S/C23H30N4O.ClH/c1-18-4-2-3-5-23(18)26-11-13-27(14-12-26)28-15-9-19-6-7-22-21(16-19)20(8-10-24)17-25-22;/h2-7,16-17,25H,8-15,24H2,1H3;1H. The summed E-state index contributed by atoms with van der Waals surface area (Å²) in [4.78, 5) is 11.8. The Kier molecular flexibility index (Phi) is 7.56. The van der Waals surface area contributed by atoms with Crippen LogP contribution in [0.5, 0.6) is 0 Å². The van der Waals surface area contributed by atoms with Crippen molar-refractivity contribution in [3.8, 4) is 0 Å². The van der Waals surface area contributed by atoms with Crippen LogP contribution in [-0.4, -0.2) is 49.4 Å². The molecule has 0 bridgehead atoms. The lowest BCUT2D eigenvalue weighted by Crippen LogP contribution is -2.46. The van der Waals surface area contributed by atoms with E-state index in [9.17, 15) is 0 Å². The fourth-order valence-corrected chi connectivity index (χ4v) is 4.01. The van der Waals surface area contributed by atoms with Crippen LogP contribution in [0.3, 0.4) is 0 Å². The molecule has 2 aromatic carbocycles. The topological polar surface area (TPSA) is 57.5 Å². The average molecular weight is 415 g/mol. The van der Waals surface area contributed by atoms with E-state index in [0.29, 0.717) is 13.2 Å². The molecule has 0 aliphatic carbocycles. The zero-order valence-corrected chi connectivity index (χ0v) is 17.9. The Morgan fingerprint density at radius 1 is 1.03 bits per heavy atom. The van der Waals surface area contributed by atoms with E-state index in [-0.39, 0.29) is 12.4 Å². The first-order valence-corrected chi connectivity index (χ1v) is 10.2. The number of hydroxylamine groups is 2. The molecule has 1 aromatic heterocycles. The predicted octanol–water partition coefficient (Wildman–Crippen LogP) is 3.70. The molecule has 0 spiro atoms. The van der Waals surface area contributed by atoms with Gasteiger partial charge in [0.15, 0.2) is 0 Å². The van der Waals surface area contributed by atoms with Gasteiger partial charge in [-0.15, -0.1) is 12.4 Å². The SMILES string of the molecule is Cc1ccccc1N1CCN(OCCc2ccc3[nH]cc(CCN)c3c2)CC1.Cl. The Morgan fingerprint density at radius 2 is 1.83 bits per heavy atom. The van der Waals surface area contributed by atoms with Crippen molar-refractivity contribution >= 4 is 29.0 Å². The van der Waals surface area contributed by atoms with Gasteiger partial charge in [0.05, 0.1) is 6.61 Å². The number of piperazine rings is 1. The monoisotopic (exact) mass is 414 g/mol. The third-order valence-corrected chi connectivity index (χ3v) is 5.60. The van der Waals surface area contributed by atoms with E-state index < -0.39 is 0 Å². The number of hydrogen-bond acceptors (Lipinski definition) is 4. The summed E-state index contributed by atoms with van der Waals surface area (Å²) in [5, 5.41) is 3.40. The maximum atomic E-state index is 6.05. The Morgan fingerprint density at radius 3 is 2.59 bits per heavy atom. The molecule has 0 amide bonds. The largest absolute Gasteiger partial charge is 0.369 e. The minimum atomic E-state index is 0. The van der Waals surface area contributed by atoms with E-state index in [0.717, 1.165) is 39.0 Å². The van der Waals surface area contributed by atoms with Gasteiger partial charge in [-0.25, -0.2) is 0 Å². The molecule has 3 N–H and O–H groups in total. The minimum Gasteiger partial charge on any atom is -0.369 e. The summed E-state index contributed by atoms with van der Waals surface area (Å²) in [7, 11) is 0. The van der Waals surface area contributed by atoms with Gasteiger partial charge in [0.2, 0.25) is 0 Å². The molecule has 156 valence electrons. The first-order chi connectivity index (χ1) is 13.7. The zero-order valence-electron chi connectivity index (χ0n) is 17.1. The van der Waals surface area contributed by atoms with Crippen LogP contribution in [0.2, 0.25) is 0 Å². The number of hydrogen-bond donors (Lipinski definition) is 2. The molecule has 1 fully saturated rings. The van der Waals surface area contributed by atoms with Gasteiger partial charge >= 0.3 is 0 Å². The van der Waals surface area contributed by atoms with Gasteiger partial charge in [-0.2, -0.15) is 5.06 Å². The number of aryl methyl sites for hydroxylation is 1. The number of nitrogens with zero attached hydrogens (tertiary/aromatic N) is 2. The van der Waals surface area contributed by atoms with Crippen LogP contribution in [0.1, 0.15) is 16.7 Å². The number of nitrogens with two attached hydrogens (primary N) is 1. The summed E-state index contributed by atoms with van der Waals surface area (Å²) >= 11 is 0. The van der Waals surface area contributed by atoms with Crippen LogP contribution in [0.25, 0.3) is 10.9 Å². The molecule has 6 heteroatoms. The molecular weight excluding hydrogens is 384 g/mol.